The van der Waals surface area contributed by atoms with Crippen molar-refractivity contribution in [1.82, 2.24) is 4.57 Å². The van der Waals surface area contributed by atoms with Gasteiger partial charge in [0.2, 0.25) is 0 Å². The lowest BCUT2D eigenvalue weighted by Gasteiger charge is -2.18. The van der Waals surface area contributed by atoms with Gasteiger partial charge in [0.25, 0.3) is 5.56 Å². The van der Waals surface area contributed by atoms with E-state index >= 15 is 0 Å². The van der Waals surface area contributed by atoms with E-state index in [9.17, 15) is 29.4 Å². The third-order valence-electron chi connectivity index (χ3n) is 6.99. The lowest BCUT2D eigenvalue weighted by Crippen LogP contribution is -2.35. The topological polar surface area (TPSA) is 204 Å². The van der Waals surface area contributed by atoms with E-state index in [1.807, 2.05) is 18.4 Å². The normalized spacial score (nSPS) is 17.6. The Kier molecular flexibility index (Phi) is 14.7. The van der Waals surface area contributed by atoms with Crippen molar-refractivity contribution in [3.63, 3.8) is 0 Å². The Balaban J connectivity index is 0.000000199. The number of benzene rings is 4. The van der Waals surface area contributed by atoms with Crippen molar-refractivity contribution < 1.29 is 49.8 Å². The number of hydrogen-bond donors (Lipinski definition) is 6. The summed E-state index contributed by atoms with van der Waals surface area (Å²) in [6, 6.07) is 32.2. The summed E-state index contributed by atoms with van der Waals surface area (Å²) < 4.78 is 6.68. The largest absolute Gasteiger partial charge is 0.478 e. The van der Waals surface area contributed by atoms with Crippen LogP contribution in [0, 0.1) is 0 Å². The van der Waals surface area contributed by atoms with Crippen LogP contribution in [0.3, 0.4) is 0 Å². The summed E-state index contributed by atoms with van der Waals surface area (Å²) in [4.78, 5) is 44.2. The molecule has 1 aliphatic heterocycles. The van der Waals surface area contributed by atoms with Crippen molar-refractivity contribution in [3.05, 3.63) is 149 Å². The van der Waals surface area contributed by atoms with Crippen LogP contribution >= 0.6 is 11.8 Å². The zero-order valence-electron chi connectivity index (χ0n) is 26.1. The fourth-order valence-corrected chi connectivity index (χ4v) is 4.85. The molecule has 1 saturated heterocycles. The molecule has 0 saturated carbocycles. The Hall–Kier alpha value is -5.31. The summed E-state index contributed by atoms with van der Waals surface area (Å²) in [6.07, 6.45) is -0.952. The second-order valence-corrected chi connectivity index (χ2v) is 11.1. The van der Waals surface area contributed by atoms with E-state index in [4.69, 9.17) is 25.2 Å². The van der Waals surface area contributed by atoms with Gasteiger partial charge in [-0.05, 0) is 66.2 Å². The van der Waals surface area contributed by atoms with Crippen molar-refractivity contribution in [1.29, 1.82) is 0 Å². The fraction of sp³-hybridized carbons (Fsp3) is 0.167. The molecule has 1 fully saturated rings. The van der Waals surface area contributed by atoms with Gasteiger partial charge in [0.1, 0.15) is 18.3 Å². The maximum absolute atomic E-state index is 12.6. The summed E-state index contributed by atoms with van der Waals surface area (Å²) in [6.45, 7) is -0.423. The summed E-state index contributed by atoms with van der Waals surface area (Å²) in [7, 11) is 0. The van der Waals surface area contributed by atoms with Gasteiger partial charge in [0, 0.05) is 16.5 Å². The van der Waals surface area contributed by atoms with Crippen LogP contribution in [0.1, 0.15) is 37.3 Å². The van der Waals surface area contributed by atoms with Gasteiger partial charge in [-0.3, -0.25) is 9.36 Å². The first-order valence-electron chi connectivity index (χ1n) is 14.6. The molecule has 0 spiro atoms. The van der Waals surface area contributed by atoms with Gasteiger partial charge in [-0.25, -0.2) is 14.4 Å². The van der Waals surface area contributed by atoms with Gasteiger partial charge < -0.3 is 35.4 Å². The molecule has 0 unspecified atom stereocenters. The Bertz CT molecular complexity index is 1750. The van der Waals surface area contributed by atoms with Crippen LogP contribution in [0.5, 0.6) is 0 Å². The predicted molar refractivity (Wildman–Crippen MR) is 183 cm³/mol. The van der Waals surface area contributed by atoms with Gasteiger partial charge in [-0.15, -0.1) is 11.8 Å². The Labute approximate surface area is 285 Å². The number of aliphatic hydroxyl groups excluding tert-OH is 3. The van der Waals surface area contributed by atoms with E-state index in [2.05, 4.69) is 0 Å². The lowest BCUT2D eigenvalue weighted by molar-refractivity contribution is -0.0541. The number of carboxylic acids is 3. The molecular formula is C36H35NO11S. The van der Waals surface area contributed by atoms with E-state index < -0.39 is 49.1 Å². The molecule has 2 heterocycles. The first kappa shape index (κ1) is 38.1. The molecule has 0 amide bonds. The number of carboxylic acid groups (broad SMARTS) is 3. The van der Waals surface area contributed by atoms with Crippen LogP contribution in [0.25, 0.3) is 10.8 Å². The number of hydrogen-bond acceptors (Lipinski definition) is 9. The number of rotatable bonds is 6. The number of fused-ring (bicyclic) bond motifs is 1. The average Bonchev–Trinajstić information content (AvgIpc) is 3.42. The third-order valence-corrected chi connectivity index (χ3v) is 7.72. The van der Waals surface area contributed by atoms with Crippen molar-refractivity contribution in [2.75, 3.05) is 12.9 Å². The minimum atomic E-state index is -1.27. The lowest BCUT2D eigenvalue weighted by atomic mass is 10.1. The molecule has 6 rings (SSSR count). The van der Waals surface area contributed by atoms with Crippen LogP contribution < -0.4 is 5.56 Å². The van der Waals surface area contributed by atoms with Crippen LogP contribution in [0.15, 0.2) is 131 Å². The standard InChI is InChI=1S/C15H17NO5S.3C7H6O2/c1-22-9-3-2-8-4-5-16(14(20)10(8)6-9)15-13(19)12(18)11(7-17)21-15;3*8-7(9)6-4-2-1-3-5-6/h2-6,11-13,15,17-19H,7H2,1H3;3*1-5H,(H,8,9)/t11-,12-,13-,15-;;;/m1.../s1. The Morgan fingerprint density at radius 2 is 1.14 bits per heavy atom. The number of aliphatic hydroxyl groups is 3. The number of aromatic nitrogens is 1. The Morgan fingerprint density at radius 3 is 1.49 bits per heavy atom. The highest BCUT2D eigenvalue weighted by molar-refractivity contribution is 7.98. The summed E-state index contributed by atoms with van der Waals surface area (Å²) >= 11 is 1.53. The number of nitrogens with zero attached hydrogens (tertiary/aromatic N) is 1. The molecule has 1 aromatic heterocycles. The quantitative estimate of drug-likeness (QED) is 0.137. The molecule has 5 aromatic rings. The summed E-state index contributed by atoms with van der Waals surface area (Å²) in [5, 5.41) is 55.5. The molecule has 0 aliphatic carbocycles. The SMILES string of the molecule is CSc1ccc2ccn([C@@H]3O[C@H](CO)[C@@H](O)[C@H]3O)c(=O)c2c1.O=C(O)c1ccccc1.O=C(O)c1ccccc1.O=C(O)c1ccccc1. The van der Waals surface area contributed by atoms with Crippen molar-refractivity contribution in [2.45, 2.75) is 29.4 Å². The zero-order valence-corrected chi connectivity index (χ0v) is 27.0. The highest BCUT2D eigenvalue weighted by Gasteiger charge is 2.43. The molecule has 4 aromatic carbocycles. The number of carbonyl (C=O) groups is 3. The predicted octanol–water partition coefficient (Wildman–Crippen LogP) is 4.49. The molecule has 0 bridgehead atoms. The minimum absolute atomic E-state index is 0.303. The van der Waals surface area contributed by atoms with E-state index in [0.29, 0.717) is 22.1 Å². The number of thioether (sulfide) groups is 1. The van der Waals surface area contributed by atoms with Crippen LogP contribution in [-0.4, -0.2) is 84.3 Å². The first-order valence-corrected chi connectivity index (χ1v) is 15.9. The molecule has 256 valence electrons. The van der Waals surface area contributed by atoms with Gasteiger partial charge in [0.05, 0.1) is 23.3 Å². The van der Waals surface area contributed by atoms with E-state index in [-0.39, 0.29) is 5.56 Å². The highest BCUT2D eigenvalue weighted by Crippen LogP contribution is 2.29. The summed E-state index contributed by atoms with van der Waals surface area (Å²) in [5.41, 5.74) is 0.690. The highest BCUT2D eigenvalue weighted by atomic mass is 32.2. The van der Waals surface area contributed by atoms with E-state index in [0.717, 1.165) is 10.3 Å². The molecule has 49 heavy (non-hydrogen) atoms. The second-order valence-electron chi connectivity index (χ2n) is 10.2. The maximum Gasteiger partial charge on any atom is 0.335 e. The molecule has 4 atom stereocenters. The van der Waals surface area contributed by atoms with Gasteiger partial charge in [-0.2, -0.15) is 0 Å². The van der Waals surface area contributed by atoms with Crippen molar-refractivity contribution >= 4 is 40.4 Å². The minimum Gasteiger partial charge on any atom is -0.478 e. The van der Waals surface area contributed by atoms with E-state index in [1.165, 1.54) is 22.5 Å². The molecule has 1 aliphatic rings. The monoisotopic (exact) mass is 689 g/mol. The zero-order chi connectivity index (χ0) is 35.9. The van der Waals surface area contributed by atoms with Crippen LogP contribution in [0.4, 0.5) is 0 Å². The number of aromatic carboxylic acids is 3. The van der Waals surface area contributed by atoms with Crippen molar-refractivity contribution in [2.24, 2.45) is 0 Å². The van der Waals surface area contributed by atoms with Crippen molar-refractivity contribution in [3.8, 4) is 0 Å². The molecule has 0 radical (unpaired) electrons. The molecule has 12 nitrogen and oxygen atoms in total. The second kappa shape index (κ2) is 18.9. The number of pyridine rings is 1. The molecular weight excluding hydrogens is 654 g/mol. The molecule has 13 heteroatoms. The fourth-order valence-electron chi connectivity index (χ4n) is 4.41. The van der Waals surface area contributed by atoms with Gasteiger partial charge in [-0.1, -0.05) is 60.7 Å². The van der Waals surface area contributed by atoms with Crippen LogP contribution in [0.2, 0.25) is 0 Å². The molecule has 6 N–H and O–H groups in total. The third kappa shape index (κ3) is 10.9. The first-order chi connectivity index (χ1) is 23.5. The van der Waals surface area contributed by atoms with E-state index in [1.54, 1.807) is 103 Å². The van der Waals surface area contributed by atoms with Gasteiger partial charge in [0.15, 0.2) is 6.23 Å². The summed E-state index contributed by atoms with van der Waals surface area (Å²) in [5.74, 6) is -2.64. The van der Waals surface area contributed by atoms with Gasteiger partial charge >= 0.3 is 17.9 Å². The Morgan fingerprint density at radius 1 is 0.694 bits per heavy atom. The maximum atomic E-state index is 12.6. The smallest absolute Gasteiger partial charge is 0.335 e. The van der Waals surface area contributed by atoms with Crippen LogP contribution in [-0.2, 0) is 4.74 Å². The average molecular weight is 690 g/mol. The number of ether oxygens (including phenoxy) is 1.